The molecule has 0 saturated heterocycles. The van der Waals surface area contributed by atoms with Crippen LogP contribution in [0.3, 0.4) is 0 Å². The Kier molecular flexibility index (Phi) is 5.35. The van der Waals surface area contributed by atoms with Gasteiger partial charge in [-0.3, -0.25) is 4.79 Å². The number of halogens is 2. The Bertz CT molecular complexity index is 317. The maximum atomic E-state index is 11.4. The van der Waals surface area contributed by atoms with Gasteiger partial charge < -0.3 is 10.6 Å². The molecular formula is C9H12Cl2N2O. The van der Waals surface area contributed by atoms with Crippen molar-refractivity contribution >= 4 is 36.4 Å². The van der Waals surface area contributed by atoms with Gasteiger partial charge in [0.25, 0.3) is 5.91 Å². The van der Waals surface area contributed by atoms with Gasteiger partial charge >= 0.3 is 0 Å². The minimum atomic E-state index is 0. The number of carbonyl (C=O) groups excluding carboxylic acids is 1. The summed E-state index contributed by atoms with van der Waals surface area (Å²) < 4.78 is 0. The first-order chi connectivity index (χ1) is 5.88. The van der Waals surface area contributed by atoms with Crippen molar-refractivity contribution in [1.29, 1.82) is 0 Å². The fraction of sp³-hybridized carbons (Fsp3) is 0.222. The number of amides is 1. The molecule has 0 aliphatic carbocycles. The standard InChI is InChI=1S/C9H10N2O.2ClH/c12-9-7-3-1-2-4-8(7)10-5-6-11-9;;/h1-4,10H,5-6H2,(H,11,12);2*1H. The third kappa shape index (κ3) is 2.53. The molecule has 0 saturated carbocycles. The topological polar surface area (TPSA) is 41.1 Å². The fourth-order valence-corrected chi connectivity index (χ4v) is 1.30. The van der Waals surface area contributed by atoms with Crippen LogP contribution in [0.4, 0.5) is 5.69 Å². The quantitative estimate of drug-likeness (QED) is 0.718. The molecule has 0 bridgehead atoms. The van der Waals surface area contributed by atoms with E-state index in [0.717, 1.165) is 17.8 Å². The molecule has 2 rings (SSSR count). The van der Waals surface area contributed by atoms with E-state index in [1.807, 2.05) is 24.3 Å². The molecule has 78 valence electrons. The maximum Gasteiger partial charge on any atom is 0.253 e. The van der Waals surface area contributed by atoms with E-state index in [2.05, 4.69) is 10.6 Å². The Labute approximate surface area is 95.1 Å². The summed E-state index contributed by atoms with van der Waals surface area (Å²) in [6, 6.07) is 7.53. The number of nitrogens with one attached hydrogen (secondary N) is 2. The third-order valence-electron chi connectivity index (χ3n) is 1.90. The molecule has 14 heavy (non-hydrogen) atoms. The molecule has 1 aromatic carbocycles. The normalized spacial score (nSPS) is 13.3. The second kappa shape index (κ2) is 5.73. The molecule has 1 amide bonds. The number of hydrogen-bond acceptors (Lipinski definition) is 2. The van der Waals surface area contributed by atoms with Crippen molar-refractivity contribution in [1.82, 2.24) is 5.32 Å². The van der Waals surface area contributed by atoms with E-state index in [4.69, 9.17) is 0 Å². The largest absolute Gasteiger partial charge is 0.383 e. The SMILES string of the molecule is Cl.Cl.O=C1NCCNc2ccccc21. The van der Waals surface area contributed by atoms with Gasteiger partial charge in [-0.25, -0.2) is 0 Å². The first kappa shape index (κ1) is 13.1. The van der Waals surface area contributed by atoms with Crippen molar-refractivity contribution in [2.24, 2.45) is 0 Å². The summed E-state index contributed by atoms with van der Waals surface area (Å²) in [6.07, 6.45) is 0. The lowest BCUT2D eigenvalue weighted by atomic mass is 10.2. The highest BCUT2D eigenvalue weighted by molar-refractivity contribution is 6.00. The number of para-hydroxylation sites is 1. The van der Waals surface area contributed by atoms with Crippen molar-refractivity contribution in [2.45, 2.75) is 0 Å². The lowest BCUT2D eigenvalue weighted by Gasteiger charge is -2.03. The summed E-state index contributed by atoms with van der Waals surface area (Å²) in [5, 5.41) is 5.97. The average molecular weight is 235 g/mol. The van der Waals surface area contributed by atoms with Gasteiger partial charge in [0.1, 0.15) is 0 Å². The Morgan fingerprint density at radius 3 is 2.43 bits per heavy atom. The zero-order chi connectivity index (χ0) is 8.39. The lowest BCUT2D eigenvalue weighted by Crippen LogP contribution is -2.24. The molecule has 0 atom stereocenters. The van der Waals surface area contributed by atoms with E-state index in [0.29, 0.717) is 6.54 Å². The maximum absolute atomic E-state index is 11.4. The molecular weight excluding hydrogens is 223 g/mol. The second-order valence-electron chi connectivity index (χ2n) is 2.73. The molecule has 0 aromatic heterocycles. The third-order valence-corrected chi connectivity index (χ3v) is 1.90. The predicted octanol–water partition coefficient (Wildman–Crippen LogP) is 1.69. The van der Waals surface area contributed by atoms with E-state index in [1.165, 1.54) is 0 Å². The van der Waals surface area contributed by atoms with Crippen molar-refractivity contribution in [2.75, 3.05) is 18.4 Å². The van der Waals surface area contributed by atoms with Crippen molar-refractivity contribution < 1.29 is 4.79 Å². The van der Waals surface area contributed by atoms with Crippen LogP contribution in [0.1, 0.15) is 10.4 Å². The van der Waals surface area contributed by atoms with Crippen LogP contribution in [0, 0.1) is 0 Å². The van der Waals surface area contributed by atoms with E-state index in [-0.39, 0.29) is 30.7 Å². The Morgan fingerprint density at radius 1 is 1.00 bits per heavy atom. The van der Waals surface area contributed by atoms with Gasteiger partial charge in [0.15, 0.2) is 0 Å². The highest BCUT2D eigenvalue weighted by Crippen LogP contribution is 2.15. The summed E-state index contributed by atoms with van der Waals surface area (Å²) in [7, 11) is 0. The molecule has 0 unspecified atom stereocenters. The molecule has 1 aromatic rings. The van der Waals surface area contributed by atoms with Crippen LogP contribution < -0.4 is 10.6 Å². The number of fused-ring (bicyclic) bond motifs is 1. The number of benzene rings is 1. The average Bonchev–Trinajstić information content (AvgIpc) is 2.29. The number of carbonyl (C=O) groups is 1. The molecule has 5 heteroatoms. The van der Waals surface area contributed by atoms with Gasteiger partial charge in [0, 0.05) is 18.8 Å². The van der Waals surface area contributed by atoms with Crippen LogP contribution in [0.25, 0.3) is 0 Å². The first-order valence-corrected chi connectivity index (χ1v) is 3.99. The Morgan fingerprint density at radius 2 is 1.64 bits per heavy atom. The molecule has 0 radical (unpaired) electrons. The van der Waals surface area contributed by atoms with E-state index in [9.17, 15) is 4.79 Å². The van der Waals surface area contributed by atoms with Crippen LogP contribution in [-0.4, -0.2) is 19.0 Å². The van der Waals surface area contributed by atoms with Gasteiger partial charge in [-0.2, -0.15) is 0 Å². The van der Waals surface area contributed by atoms with Gasteiger partial charge in [0.2, 0.25) is 0 Å². The number of rotatable bonds is 0. The minimum absolute atomic E-state index is 0. The minimum Gasteiger partial charge on any atom is -0.383 e. The number of anilines is 1. The van der Waals surface area contributed by atoms with Crippen LogP contribution in [0.15, 0.2) is 24.3 Å². The predicted molar refractivity (Wildman–Crippen MR) is 61.8 cm³/mol. The van der Waals surface area contributed by atoms with Crippen molar-refractivity contribution in [3.8, 4) is 0 Å². The summed E-state index contributed by atoms with van der Waals surface area (Å²) in [6.45, 7) is 1.48. The van der Waals surface area contributed by atoms with E-state index >= 15 is 0 Å². The van der Waals surface area contributed by atoms with Crippen LogP contribution in [0.5, 0.6) is 0 Å². The zero-order valence-corrected chi connectivity index (χ0v) is 9.08. The Balaban J connectivity index is 0.000000845. The zero-order valence-electron chi connectivity index (χ0n) is 7.45. The summed E-state index contributed by atoms with van der Waals surface area (Å²) in [4.78, 5) is 11.4. The van der Waals surface area contributed by atoms with Crippen molar-refractivity contribution in [3.63, 3.8) is 0 Å². The van der Waals surface area contributed by atoms with Gasteiger partial charge in [-0.1, -0.05) is 12.1 Å². The molecule has 1 aliphatic heterocycles. The summed E-state index contributed by atoms with van der Waals surface area (Å²) in [5.41, 5.74) is 1.66. The molecule has 2 N–H and O–H groups in total. The summed E-state index contributed by atoms with van der Waals surface area (Å²) >= 11 is 0. The fourth-order valence-electron chi connectivity index (χ4n) is 1.30. The van der Waals surface area contributed by atoms with E-state index in [1.54, 1.807) is 0 Å². The highest BCUT2D eigenvalue weighted by atomic mass is 35.5. The van der Waals surface area contributed by atoms with Gasteiger partial charge in [-0.05, 0) is 12.1 Å². The molecule has 0 fully saturated rings. The first-order valence-electron chi connectivity index (χ1n) is 3.99. The molecule has 1 heterocycles. The van der Waals surface area contributed by atoms with Gasteiger partial charge in [-0.15, -0.1) is 24.8 Å². The Hall–Kier alpha value is -0.930. The van der Waals surface area contributed by atoms with Crippen LogP contribution in [0.2, 0.25) is 0 Å². The molecule has 0 spiro atoms. The van der Waals surface area contributed by atoms with Gasteiger partial charge in [0.05, 0.1) is 5.56 Å². The summed E-state index contributed by atoms with van der Waals surface area (Å²) in [5.74, 6) is 0.00981. The molecule has 1 aliphatic rings. The van der Waals surface area contributed by atoms with Crippen LogP contribution in [-0.2, 0) is 0 Å². The van der Waals surface area contributed by atoms with E-state index < -0.39 is 0 Å². The smallest absolute Gasteiger partial charge is 0.253 e. The monoisotopic (exact) mass is 234 g/mol. The second-order valence-corrected chi connectivity index (χ2v) is 2.73. The number of hydrogen-bond donors (Lipinski definition) is 2. The highest BCUT2D eigenvalue weighted by Gasteiger charge is 2.12. The lowest BCUT2D eigenvalue weighted by molar-refractivity contribution is 0.0958. The van der Waals surface area contributed by atoms with Crippen LogP contribution >= 0.6 is 24.8 Å². The molecule has 3 nitrogen and oxygen atoms in total. The van der Waals surface area contributed by atoms with Crippen molar-refractivity contribution in [3.05, 3.63) is 29.8 Å².